The topological polar surface area (TPSA) is 54.4 Å². The summed E-state index contributed by atoms with van der Waals surface area (Å²) in [6.45, 7) is 0. The van der Waals surface area contributed by atoms with Crippen LogP contribution in [0.25, 0.3) is 0 Å². The molecule has 0 bridgehead atoms. The van der Waals surface area contributed by atoms with Gasteiger partial charge in [0.1, 0.15) is 3.76 Å². The monoisotopic (exact) mass is 246 g/mol. The SMILES string of the molecule is O=S(=O)(O)CI.[NaH]. The molecule has 0 aliphatic rings. The first-order valence-corrected chi connectivity index (χ1v) is 4.21. The Morgan fingerprint density at radius 2 is 1.71 bits per heavy atom. The van der Waals surface area contributed by atoms with Gasteiger partial charge in [-0.3, -0.25) is 4.55 Å². The molecule has 3 nitrogen and oxygen atoms in total. The first kappa shape index (κ1) is 11.4. The van der Waals surface area contributed by atoms with E-state index in [1.807, 2.05) is 0 Å². The molecule has 0 fully saturated rings. The van der Waals surface area contributed by atoms with Crippen LogP contribution in [0.3, 0.4) is 0 Å². The predicted molar refractivity (Wildman–Crippen MR) is 37.6 cm³/mol. The van der Waals surface area contributed by atoms with E-state index >= 15 is 0 Å². The summed E-state index contributed by atoms with van der Waals surface area (Å²) in [6, 6.07) is 0. The summed E-state index contributed by atoms with van der Waals surface area (Å²) in [7, 11) is -3.68. The van der Waals surface area contributed by atoms with Gasteiger partial charge in [-0.1, -0.05) is 22.6 Å². The molecule has 0 unspecified atom stereocenters. The van der Waals surface area contributed by atoms with Crippen LogP contribution in [0.4, 0.5) is 0 Å². The number of alkyl halides is 1. The molecule has 0 saturated carbocycles. The van der Waals surface area contributed by atoms with Gasteiger partial charge in [-0.25, -0.2) is 0 Å². The standard InChI is InChI=1S/CH3IO3S.Na.H/c2-1-6(3,4)5;;/h1H2,(H,3,4,5);;. The molecule has 0 heterocycles. The zero-order chi connectivity index (χ0) is 5.21. The van der Waals surface area contributed by atoms with Crippen molar-refractivity contribution in [1.29, 1.82) is 0 Å². The van der Waals surface area contributed by atoms with Crippen LogP contribution in [0.15, 0.2) is 0 Å². The fourth-order valence-electron chi connectivity index (χ4n) is 0. The van der Waals surface area contributed by atoms with Gasteiger partial charge in [-0.15, -0.1) is 0 Å². The van der Waals surface area contributed by atoms with E-state index in [1.54, 1.807) is 22.6 Å². The number of rotatable bonds is 1. The van der Waals surface area contributed by atoms with Crippen molar-refractivity contribution in [3.05, 3.63) is 0 Å². The van der Waals surface area contributed by atoms with Crippen molar-refractivity contribution >= 4 is 62.3 Å². The molecule has 0 aliphatic heterocycles. The third-order valence-electron chi connectivity index (χ3n) is 0.138. The summed E-state index contributed by atoms with van der Waals surface area (Å²) >= 11 is 1.56. The second kappa shape index (κ2) is 4.51. The Morgan fingerprint density at radius 1 is 1.57 bits per heavy atom. The molecule has 0 aliphatic carbocycles. The van der Waals surface area contributed by atoms with Crippen LogP contribution < -0.4 is 0 Å². The average molecular weight is 246 g/mol. The number of hydrogen-bond donors (Lipinski definition) is 1. The van der Waals surface area contributed by atoms with Gasteiger partial charge < -0.3 is 0 Å². The van der Waals surface area contributed by atoms with Crippen molar-refractivity contribution < 1.29 is 13.0 Å². The molecule has 0 aromatic carbocycles. The van der Waals surface area contributed by atoms with Crippen molar-refractivity contribution in [2.24, 2.45) is 0 Å². The molecule has 0 atom stereocenters. The predicted octanol–water partition coefficient (Wildman–Crippen LogP) is -0.382. The Balaban J connectivity index is 0. The van der Waals surface area contributed by atoms with E-state index in [4.69, 9.17) is 4.55 Å². The molecule has 0 saturated heterocycles. The molecule has 1 N–H and O–H groups in total. The van der Waals surface area contributed by atoms with Crippen LogP contribution in [0.5, 0.6) is 0 Å². The van der Waals surface area contributed by atoms with Crippen LogP contribution in [0, 0.1) is 0 Å². The molecule has 0 radical (unpaired) electrons. The molecule has 0 spiro atoms. The summed E-state index contributed by atoms with van der Waals surface area (Å²) in [5, 5.41) is 0. The summed E-state index contributed by atoms with van der Waals surface area (Å²) in [4.78, 5) is 0. The fraction of sp³-hybridized carbons (Fsp3) is 1.00. The fourth-order valence-corrected chi connectivity index (χ4v) is 0. The van der Waals surface area contributed by atoms with Crippen LogP contribution in [0.2, 0.25) is 0 Å². The molecule has 0 rings (SSSR count). The van der Waals surface area contributed by atoms with Crippen molar-refractivity contribution in [3.8, 4) is 0 Å². The van der Waals surface area contributed by atoms with Gasteiger partial charge in [-0.05, 0) is 0 Å². The molecule has 0 amide bonds. The molecule has 0 aromatic rings. The number of hydrogen-bond acceptors (Lipinski definition) is 2. The Bertz CT molecular complexity index is 117. The van der Waals surface area contributed by atoms with Gasteiger partial charge in [0.2, 0.25) is 0 Å². The minimum absolute atomic E-state index is 0. The Labute approximate surface area is 78.0 Å². The van der Waals surface area contributed by atoms with E-state index in [9.17, 15) is 8.42 Å². The molecular weight excluding hydrogens is 242 g/mol. The molecule has 40 valence electrons. The molecular formula is CH4INaO3S. The normalized spacial score (nSPS) is 10.0. The van der Waals surface area contributed by atoms with Crippen LogP contribution in [-0.4, -0.2) is 46.3 Å². The Hall–Kier alpha value is 1.64. The zero-order valence-corrected chi connectivity index (χ0v) is 5.73. The third-order valence-corrected chi connectivity index (χ3v) is 2.77. The van der Waals surface area contributed by atoms with E-state index in [1.165, 1.54) is 0 Å². The minimum atomic E-state index is -3.68. The molecule has 7 heavy (non-hydrogen) atoms. The summed E-state index contributed by atoms with van der Waals surface area (Å²) in [6.07, 6.45) is 0. The third kappa shape index (κ3) is 11.3. The Morgan fingerprint density at radius 3 is 1.71 bits per heavy atom. The average Bonchev–Trinajstić information content (AvgIpc) is 1.35. The van der Waals surface area contributed by atoms with E-state index in [2.05, 4.69) is 0 Å². The van der Waals surface area contributed by atoms with Gasteiger partial charge in [0.05, 0.1) is 0 Å². The van der Waals surface area contributed by atoms with Gasteiger partial charge in [0, 0.05) is 0 Å². The Kier molecular flexibility index (Phi) is 7.37. The van der Waals surface area contributed by atoms with E-state index in [-0.39, 0.29) is 33.3 Å². The summed E-state index contributed by atoms with van der Waals surface area (Å²) < 4.78 is 26.7. The van der Waals surface area contributed by atoms with Gasteiger partial charge in [-0.2, -0.15) is 8.42 Å². The van der Waals surface area contributed by atoms with Gasteiger partial charge >= 0.3 is 29.6 Å². The molecule has 6 heteroatoms. The van der Waals surface area contributed by atoms with Crippen LogP contribution in [-0.2, 0) is 10.1 Å². The first-order chi connectivity index (χ1) is 2.56. The maximum absolute atomic E-state index is 9.55. The van der Waals surface area contributed by atoms with Crippen molar-refractivity contribution in [3.63, 3.8) is 0 Å². The molecule has 0 aromatic heterocycles. The van der Waals surface area contributed by atoms with E-state index in [0.29, 0.717) is 0 Å². The first-order valence-electron chi connectivity index (χ1n) is 1.07. The van der Waals surface area contributed by atoms with Crippen LogP contribution >= 0.6 is 22.6 Å². The van der Waals surface area contributed by atoms with Crippen molar-refractivity contribution in [2.75, 3.05) is 3.76 Å². The van der Waals surface area contributed by atoms with E-state index < -0.39 is 10.1 Å². The van der Waals surface area contributed by atoms with Gasteiger partial charge in [0.25, 0.3) is 10.1 Å². The maximum atomic E-state index is 9.55. The number of halogens is 1. The van der Waals surface area contributed by atoms with E-state index in [0.717, 1.165) is 0 Å². The second-order valence-electron chi connectivity index (χ2n) is 0.691. The zero-order valence-electron chi connectivity index (χ0n) is 2.76. The summed E-state index contributed by atoms with van der Waals surface area (Å²) in [5.74, 6) is 0. The quantitative estimate of drug-likeness (QED) is 0.297. The van der Waals surface area contributed by atoms with Crippen molar-refractivity contribution in [1.82, 2.24) is 0 Å². The summed E-state index contributed by atoms with van der Waals surface area (Å²) in [5.41, 5.74) is 0. The van der Waals surface area contributed by atoms with Crippen molar-refractivity contribution in [2.45, 2.75) is 0 Å². The van der Waals surface area contributed by atoms with Crippen LogP contribution in [0.1, 0.15) is 0 Å². The second-order valence-corrected chi connectivity index (χ2v) is 3.94. The van der Waals surface area contributed by atoms with Gasteiger partial charge in [0.15, 0.2) is 0 Å².